The molecule has 0 bridgehead atoms. The Hall–Kier alpha value is -3.62. The van der Waals surface area contributed by atoms with E-state index in [1.807, 2.05) is 4.90 Å². The van der Waals surface area contributed by atoms with E-state index < -0.39 is 25.0 Å². The second-order valence-electron chi connectivity index (χ2n) is 9.77. The van der Waals surface area contributed by atoms with Crippen molar-refractivity contribution in [2.75, 3.05) is 57.9 Å². The zero-order chi connectivity index (χ0) is 31.2. The van der Waals surface area contributed by atoms with Crippen LogP contribution in [0.15, 0.2) is 23.9 Å². The van der Waals surface area contributed by atoms with Crippen LogP contribution in [0, 0.1) is 6.92 Å². The van der Waals surface area contributed by atoms with Crippen LogP contribution in [0.3, 0.4) is 0 Å². The number of anilines is 1. The first-order chi connectivity index (χ1) is 19.7. The molecule has 1 aromatic heterocycles. The monoisotopic (exact) mass is 614 g/mol. The molecule has 230 valence electrons. The number of aromatic nitrogens is 2. The first-order valence-electron chi connectivity index (χ1n) is 13.1. The molecule has 3 rings (SSSR count). The fraction of sp³-hybridized carbons (Fsp3) is 0.481. The van der Waals surface area contributed by atoms with Gasteiger partial charge < -0.3 is 35.4 Å². The van der Waals surface area contributed by atoms with Crippen molar-refractivity contribution in [1.82, 2.24) is 20.2 Å². The third-order valence-electron chi connectivity index (χ3n) is 6.36. The van der Waals surface area contributed by atoms with E-state index in [4.69, 9.17) is 27.1 Å². The number of allylic oxidation sites excluding steroid dienone is 2. The number of rotatable bonds is 10. The van der Waals surface area contributed by atoms with E-state index in [-0.39, 0.29) is 55.7 Å². The third kappa shape index (κ3) is 8.46. The lowest BCUT2D eigenvalue weighted by molar-refractivity contribution is -0.162. The molecule has 42 heavy (non-hydrogen) atoms. The highest BCUT2D eigenvalue weighted by Crippen LogP contribution is 2.35. The Kier molecular flexibility index (Phi) is 11.0. The molecule has 1 aromatic carbocycles. The van der Waals surface area contributed by atoms with Crippen LogP contribution in [0.1, 0.15) is 25.1 Å². The highest BCUT2D eigenvalue weighted by atomic mass is 35.5. The molecular formula is C27H34ClF3N6O5. The number of ether oxygens (including phenoxy) is 2. The molecule has 0 radical (unpaired) electrons. The maximum Gasteiger partial charge on any atom is 0.422 e. The molecule has 0 spiro atoms. The SMILES string of the molecule is CNC[C@@H](O)COc1ccc(Cl)c(-c2nc(C(C(C)=O)=C(C)N)c(C)c(N3CCN(C(=O)OCC(F)(F)F)CC3)n2)c1. The highest BCUT2D eigenvalue weighted by Gasteiger charge is 2.32. The fourth-order valence-electron chi connectivity index (χ4n) is 4.40. The van der Waals surface area contributed by atoms with Crippen LogP contribution in [0.4, 0.5) is 23.8 Å². The van der Waals surface area contributed by atoms with Crippen LogP contribution in [0.5, 0.6) is 5.75 Å². The van der Waals surface area contributed by atoms with Crippen molar-refractivity contribution < 1.29 is 37.3 Å². The maximum absolute atomic E-state index is 12.6. The summed E-state index contributed by atoms with van der Waals surface area (Å²) in [5.41, 5.74) is 7.76. The Bertz CT molecular complexity index is 1330. The summed E-state index contributed by atoms with van der Waals surface area (Å²) in [4.78, 5) is 37.2. The molecule has 1 amide bonds. The van der Waals surface area contributed by atoms with Gasteiger partial charge in [0.1, 0.15) is 24.3 Å². The number of hydrogen-bond acceptors (Lipinski definition) is 10. The first-order valence-corrected chi connectivity index (χ1v) is 13.4. The van der Waals surface area contributed by atoms with Gasteiger partial charge in [0.05, 0.1) is 16.3 Å². The summed E-state index contributed by atoms with van der Waals surface area (Å²) in [5.74, 6) is 0.696. The van der Waals surface area contributed by atoms with Crippen LogP contribution in [0.2, 0.25) is 5.02 Å². The predicted molar refractivity (Wildman–Crippen MR) is 151 cm³/mol. The summed E-state index contributed by atoms with van der Waals surface area (Å²) in [7, 11) is 1.71. The normalized spacial score (nSPS) is 15.3. The molecule has 1 saturated heterocycles. The van der Waals surface area contributed by atoms with Crippen LogP contribution in [-0.2, 0) is 9.53 Å². The molecule has 1 atom stereocenters. The lowest BCUT2D eigenvalue weighted by Gasteiger charge is -2.36. The molecule has 11 nitrogen and oxygen atoms in total. The molecule has 1 fully saturated rings. The van der Waals surface area contributed by atoms with Crippen molar-refractivity contribution in [3.05, 3.63) is 40.2 Å². The van der Waals surface area contributed by atoms with Gasteiger partial charge in [-0.25, -0.2) is 14.8 Å². The van der Waals surface area contributed by atoms with Crippen LogP contribution >= 0.6 is 11.6 Å². The number of hydrogen-bond donors (Lipinski definition) is 3. The van der Waals surface area contributed by atoms with E-state index in [1.165, 1.54) is 11.8 Å². The number of aliphatic hydroxyl groups is 1. The van der Waals surface area contributed by atoms with Gasteiger partial charge in [-0.15, -0.1) is 0 Å². The Labute approximate surface area is 246 Å². The molecule has 1 aliphatic rings. The summed E-state index contributed by atoms with van der Waals surface area (Å²) >= 11 is 6.54. The number of halogens is 4. The van der Waals surface area contributed by atoms with Crippen molar-refractivity contribution in [3.8, 4) is 17.1 Å². The average Bonchev–Trinajstić information content (AvgIpc) is 2.92. The molecule has 0 aliphatic carbocycles. The van der Waals surface area contributed by atoms with Gasteiger partial charge in [-0.1, -0.05) is 11.6 Å². The number of benzene rings is 1. The van der Waals surface area contributed by atoms with E-state index in [0.717, 1.165) is 0 Å². The van der Waals surface area contributed by atoms with E-state index >= 15 is 0 Å². The molecule has 15 heteroatoms. The number of carbonyl (C=O) groups is 2. The van der Waals surface area contributed by atoms with Crippen molar-refractivity contribution in [2.24, 2.45) is 5.73 Å². The van der Waals surface area contributed by atoms with Gasteiger partial charge in [0, 0.05) is 49.5 Å². The van der Waals surface area contributed by atoms with Gasteiger partial charge in [-0.3, -0.25) is 4.79 Å². The summed E-state index contributed by atoms with van der Waals surface area (Å²) < 4.78 is 47.5. The van der Waals surface area contributed by atoms with Crippen LogP contribution < -0.4 is 20.7 Å². The van der Waals surface area contributed by atoms with E-state index in [1.54, 1.807) is 39.1 Å². The van der Waals surface area contributed by atoms with Gasteiger partial charge in [-0.05, 0) is 46.0 Å². The van der Waals surface area contributed by atoms with Crippen molar-refractivity contribution in [1.29, 1.82) is 0 Å². The molecular weight excluding hydrogens is 581 g/mol. The number of piperazine rings is 1. The van der Waals surface area contributed by atoms with E-state index in [9.17, 15) is 27.9 Å². The number of carbonyl (C=O) groups excluding carboxylic acids is 2. The molecule has 1 aliphatic heterocycles. The van der Waals surface area contributed by atoms with Crippen molar-refractivity contribution >= 4 is 34.9 Å². The zero-order valence-corrected chi connectivity index (χ0v) is 24.5. The largest absolute Gasteiger partial charge is 0.491 e. The third-order valence-corrected chi connectivity index (χ3v) is 6.69. The van der Waals surface area contributed by atoms with E-state index in [2.05, 4.69) is 15.0 Å². The number of likely N-dealkylation sites (N-methyl/N-ethyl adjacent to an activating group) is 1. The van der Waals surface area contributed by atoms with Crippen molar-refractivity contribution in [3.63, 3.8) is 0 Å². The average molecular weight is 615 g/mol. The summed E-state index contributed by atoms with van der Waals surface area (Å²) in [6.07, 6.45) is -6.43. The fourth-order valence-corrected chi connectivity index (χ4v) is 4.60. The molecule has 0 saturated carbocycles. The molecule has 2 heterocycles. The molecule has 0 unspecified atom stereocenters. The summed E-state index contributed by atoms with van der Waals surface area (Å²) in [6.45, 7) is 3.97. The second kappa shape index (κ2) is 14.0. The number of amides is 1. The second-order valence-corrected chi connectivity index (χ2v) is 10.2. The summed E-state index contributed by atoms with van der Waals surface area (Å²) in [5, 5.41) is 13.2. The molecule has 2 aromatic rings. The van der Waals surface area contributed by atoms with Crippen LogP contribution in [-0.4, -0.2) is 97.1 Å². The minimum absolute atomic E-state index is 0.0203. The number of Topliss-reactive ketones (excluding diaryl/α,β-unsaturated/α-hetero) is 1. The lowest BCUT2D eigenvalue weighted by Crippen LogP contribution is -2.49. The van der Waals surface area contributed by atoms with Gasteiger partial charge in [-0.2, -0.15) is 13.2 Å². The van der Waals surface area contributed by atoms with Gasteiger partial charge in [0.25, 0.3) is 0 Å². The van der Waals surface area contributed by atoms with Gasteiger partial charge >= 0.3 is 12.3 Å². The predicted octanol–water partition coefficient (Wildman–Crippen LogP) is 3.16. The Morgan fingerprint density at radius 3 is 2.43 bits per heavy atom. The molecule has 4 N–H and O–H groups in total. The Morgan fingerprint density at radius 2 is 1.86 bits per heavy atom. The Morgan fingerprint density at radius 1 is 1.19 bits per heavy atom. The minimum Gasteiger partial charge on any atom is -0.491 e. The van der Waals surface area contributed by atoms with Gasteiger partial charge in [0.15, 0.2) is 18.2 Å². The maximum atomic E-state index is 12.6. The number of nitrogens with one attached hydrogen (secondary N) is 1. The Balaban J connectivity index is 1.99. The summed E-state index contributed by atoms with van der Waals surface area (Å²) in [6, 6.07) is 4.85. The van der Waals surface area contributed by atoms with Gasteiger partial charge in [0.2, 0.25) is 0 Å². The first kappa shape index (κ1) is 32.9. The minimum atomic E-state index is -4.62. The number of nitrogens with two attached hydrogens (primary N) is 1. The van der Waals surface area contributed by atoms with E-state index in [0.29, 0.717) is 40.0 Å². The number of ketones is 1. The topological polar surface area (TPSA) is 143 Å². The highest BCUT2D eigenvalue weighted by molar-refractivity contribution is 6.33. The van der Waals surface area contributed by atoms with Crippen molar-refractivity contribution in [2.45, 2.75) is 33.1 Å². The smallest absolute Gasteiger partial charge is 0.422 e. The zero-order valence-electron chi connectivity index (χ0n) is 23.7. The van der Waals surface area contributed by atoms with Crippen LogP contribution in [0.25, 0.3) is 17.0 Å². The standard InChI is InChI=1S/C27H34ClF3N6O5/c1-15-23(22(16(2)32)17(3)38)34-24(20-11-19(5-6-21(20)28)41-13-18(39)12-33-4)35-25(15)36-7-9-37(10-8-36)26(40)42-14-27(29,30)31/h5-6,11,18,33,39H,7-10,12-14,32H2,1-4H3/t18-/m1/s1. The quantitative estimate of drug-likeness (QED) is 0.342. The number of aliphatic hydroxyl groups excluding tert-OH is 1. The lowest BCUT2D eigenvalue weighted by atomic mass is 10.0. The number of alkyl halides is 3. The number of nitrogens with zero attached hydrogens (tertiary/aromatic N) is 4.